The Morgan fingerprint density at radius 3 is 2.55 bits per heavy atom. The Balaban J connectivity index is 1.66. The van der Waals surface area contributed by atoms with Crippen molar-refractivity contribution < 1.29 is 9.53 Å². The van der Waals surface area contributed by atoms with E-state index in [1.165, 1.54) is 0 Å². The monoisotopic (exact) mass is 271 g/mol. The van der Waals surface area contributed by atoms with Crippen molar-refractivity contribution in [3.05, 3.63) is 54.4 Å². The van der Waals surface area contributed by atoms with Crippen molar-refractivity contribution in [2.24, 2.45) is 0 Å². The molecule has 3 N–H and O–H groups in total. The van der Waals surface area contributed by atoms with E-state index in [2.05, 4.69) is 10.3 Å². The molecule has 2 aromatic rings. The van der Waals surface area contributed by atoms with Gasteiger partial charge >= 0.3 is 0 Å². The predicted molar refractivity (Wildman–Crippen MR) is 77.1 cm³/mol. The van der Waals surface area contributed by atoms with Crippen LogP contribution in [0.1, 0.15) is 12.0 Å². The van der Waals surface area contributed by atoms with Gasteiger partial charge in [0.2, 0.25) is 5.91 Å². The molecular weight excluding hydrogens is 254 g/mol. The van der Waals surface area contributed by atoms with Crippen LogP contribution in [0.15, 0.2) is 48.8 Å². The van der Waals surface area contributed by atoms with Gasteiger partial charge in [0.05, 0.1) is 13.0 Å². The number of carbonyl (C=O) groups excluding carboxylic acids is 1. The van der Waals surface area contributed by atoms with Crippen LogP contribution in [0.2, 0.25) is 0 Å². The molecule has 0 saturated carbocycles. The number of nitrogens with one attached hydrogen (secondary N) is 1. The van der Waals surface area contributed by atoms with E-state index in [0.717, 1.165) is 5.56 Å². The van der Waals surface area contributed by atoms with Crippen molar-refractivity contribution in [3.8, 4) is 5.75 Å². The standard InChI is InChI=1S/C15H17N3O2/c16-13-1-3-14(4-2-13)20-10-7-15(19)18-11-12-5-8-17-9-6-12/h1-6,8-9H,7,10-11,16H2,(H,18,19). The molecule has 1 heterocycles. The number of hydrogen-bond donors (Lipinski definition) is 2. The summed E-state index contributed by atoms with van der Waals surface area (Å²) < 4.78 is 5.46. The molecule has 104 valence electrons. The number of nitrogens with two attached hydrogens (primary N) is 1. The number of hydrogen-bond acceptors (Lipinski definition) is 4. The molecule has 1 amide bonds. The van der Waals surface area contributed by atoms with Crippen molar-refractivity contribution in [2.45, 2.75) is 13.0 Å². The molecule has 0 unspecified atom stereocenters. The van der Waals surface area contributed by atoms with E-state index >= 15 is 0 Å². The average molecular weight is 271 g/mol. The van der Waals surface area contributed by atoms with Crippen molar-refractivity contribution in [1.82, 2.24) is 10.3 Å². The molecule has 0 aliphatic rings. The summed E-state index contributed by atoms with van der Waals surface area (Å²) in [5.74, 6) is 0.665. The lowest BCUT2D eigenvalue weighted by atomic mass is 10.2. The molecule has 20 heavy (non-hydrogen) atoms. The summed E-state index contributed by atoms with van der Waals surface area (Å²) in [7, 11) is 0. The minimum Gasteiger partial charge on any atom is -0.493 e. The van der Waals surface area contributed by atoms with Crippen molar-refractivity contribution in [3.63, 3.8) is 0 Å². The molecule has 0 aliphatic heterocycles. The summed E-state index contributed by atoms with van der Waals surface area (Å²) in [5.41, 5.74) is 7.28. The third kappa shape index (κ3) is 4.61. The average Bonchev–Trinajstić information content (AvgIpc) is 2.48. The van der Waals surface area contributed by atoms with Gasteiger partial charge in [0.1, 0.15) is 5.75 Å². The lowest BCUT2D eigenvalue weighted by Crippen LogP contribution is -2.24. The maximum atomic E-state index is 11.6. The second-order valence-corrected chi connectivity index (χ2v) is 4.30. The molecule has 0 atom stereocenters. The third-order valence-corrected chi connectivity index (χ3v) is 2.72. The lowest BCUT2D eigenvalue weighted by molar-refractivity contribution is -0.121. The van der Waals surface area contributed by atoms with Gasteiger partial charge in [0.25, 0.3) is 0 Å². The number of anilines is 1. The van der Waals surface area contributed by atoms with E-state index in [1.807, 2.05) is 12.1 Å². The molecule has 5 heteroatoms. The number of aromatic nitrogens is 1. The molecular formula is C15H17N3O2. The number of nitrogens with zero attached hydrogens (tertiary/aromatic N) is 1. The highest BCUT2D eigenvalue weighted by Crippen LogP contribution is 2.13. The molecule has 5 nitrogen and oxygen atoms in total. The normalized spacial score (nSPS) is 10.0. The Hall–Kier alpha value is -2.56. The number of amides is 1. The van der Waals surface area contributed by atoms with Gasteiger partial charge in [-0.3, -0.25) is 9.78 Å². The second-order valence-electron chi connectivity index (χ2n) is 4.30. The van der Waals surface area contributed by atoms with Gasteiger partial charge in [-0.1, -0.05) is 0 Å². The number of pyridine rings is 1. The van der Waals surface area contributed by atoms with Gasteiger partial charge in [-0.15, -0.1) is 0 Å². The van der Waals surface area contributed by atoms with Crippen LogP contribution in [0.4, 0.5) is 5.69 Å². The first kappa shape index (κ1) is 13.9. The van der Waals surface area contributed by atoms with Crippen LogP contribution in [-0.2, 0) is 11.3 Å². The fourth-order valence-electron chi connectivity index (χ4n) is 1.62. The third-order valence-electron chi connectivity index (χ3n) is 2.72. The van der Waals surface area contributed by atoms with E-state index in [9.17, 15) is 4.79 Å². The fraction of sp³-hybridized carbons (Fsp3) is 0.200. The molecule has 0 fully saturated rings. The van der Waals surface area contributed by atoms with Gasteiger partial charge in [-0.2, -0.15) is 0 Å². The molecule has 1 aromatic heterocycles. The van der Waals surface area contributed by atoms with E-state index in [1.54, 1.807) is 36.7 Å². The minimum absolute atomic E-state index is 0.0442. The molecule has 0 radical (unpaired) electrons. The Morgan fingerprint density at radius 1 is 1.15 bits per heavy atom. The molecule has 2 rings (SSSR count). The van der Waals surface area contributed by atoms with Crippen LogP contribution in [0, 0.1) is 0 Å². The Bertz CT molecular complexity index is 541. The first-order chi connectivity index (χ1) is 9.74. The quantitative estimate of drug-likeness (QED) is 0.785. The molecule has 0 saturated heterocycles. The smallest absolute Gasteiger partial charge is 0.223 e. The van der Waals surface area contributed by atoms with Gasteiger partial charge in [0.15, 0.2) is 0 Å². The first-order valence-corrected chi connectivity index (χ1v) is 6.38. The van der Waals surface area contributed by atoms with Gasteiger partial charge in [0, 0.05) is 24.6 Å². The molecule has 0 aliphatic carbocycles. The van der Waals surface area contributed by atoms with Gasteiger partial charge < -0.3 is 15.8 Å². The number of carbonyl (C=O) groups is 1. The molecule has 0 bridgehead atoms. The summed E-state index contributed by atoms with van der Waals surface area (Å²) in [6.45, 7) is 0.843. The number of ether oxygens (including phenoxy) is 1. The fourth-order valence-corrected chi connectivity index (χ4v) is 1.62. The van der Waals surface area contributed by atoms with Crippen LogP contribution in [0.25, 0.3) is 0 Å². The van der Waals surface area contributed by atoms with E-state index in [0.29, 0.717) is 31.0 Å². The predicted octanol–water partition coefficient (Wildman–Crippen LogP) is 1.75. The van der Waals surface area contributed by atoms with E-state index in [-0.39, 0.29) is 5.91 Å². The van der Waals surface area contributed by atoms with Crippen LogP contribution in [0.3, 0.4) is 0 Å². The van der Waals surface area contributed by atoms with Crippen LogP contribution < -0.4 is 15.8 Å². The highest BCUT2D eigenvalue weighted by atomic mass is 16.5. The second kappa shape index (κ2) is 7.13. The van der Waals surface area contributed by atoms with Crippen LogP contribution in [-0.4, -0.2) is 17.5 Å². The molecule has 1 aromatic carbocycles. The summed E-state index contributed by atoms with van der Waals surface area (Å²) in [4.78, 5) is 15.6. The Labute approximate surface area is 117 Å². The number of benzene rings is 1. The zero-order valence-corrected chi connectivity index (χ0v) is 11.1. The van der Waals surface area contributed by atoms with Crippen LogP contribution in [0.5, 0.6) is 5.75 Å². The van der Waals surface area contributed by atoms with E-state index < -0.39 is 0 Å². The Kier molecular flexibility index (Phi) is 4.94. The summed E-state index contributed by atoms with van der Waals surface area (Å²) in [6.07, 6.45) is 3.72. The summed E-state index contributed by atoms with van der Waals surface area (Å²) in [6, 6.07) is 10.8. The SMILES string of the molecule is Nc1ccc(OCCC(=O)NCc2ccncc2)cc1. The number of nitrogen functional groups attached to an aromatic ring is 1. The van der Waals surface area contributed by atoms with E-state index in [4.69, 9.17) is 10.5 Å². The largest absolute Gasteiger partial charge is 0.493 e. The van der Waals surface area contributed by atoms with Gasteiger partial charge in [-0.05, 0) is 42.0 Å². The lowest BCUT2D eigenvalue weighted by Gasteiger charge is -2.07. The topological polar surface area (TPSA) is 77.2 Å². The minimum atomic E-state index is -0.0442. The van der Waals surface area contributed by atoms with Crippen molar-refractivity contribution in [1.29, 1.82) is 0 Å². The summed E-state index contributed by atoms with van der Waals surface area (Å²) >= 11 is 0. The van der Waals surface area contributed by atoms with Crippen molar-refractivity contribution >= 4 is 11.6 Å². The highest BCUT2D eigenvalue weighted by Gasteiger charge is 2.02. The first-order valence-electron chi connectivity index (χ1n) is 6.38. The zero-order chi connectivity index (χ0) is 14.2. The zero-order valence-electron chi connectivity index (χ0n) is 11.1. The highest BCUT2D eigenvalue weighted by molar-refractivity contribution is 5.75. The number of rotatable bonds is 6. The Morgan fingerprint density at radius 2 is 1.85 bits per heavy atom. The van der Waals surface area contributed by atoms with Gasteiger partial charge in [-0.25, -0.2) is 0 Å². The van der Waals surface area contributed by atoms with Crippen molar-refractivity contribution in [2.75, 3.05) is 12.3 Å². The maximum Gasteiger partial charge on any atom is 0.223 e. The van der Waals surface area contributed by atoms with Crippen LogP contribution >= 0.6 is 0 Å². The molecule has 0 spiro atoms. The summed E-state index contributed by atoms with van der Waals surface area (Å²) in [5, 5.41) is 2.83. The maximum absolute atomic E-state index is 11.6.